The molecular formula is C23H20FN3O2S. The molecule has 5 nitrogen and oxygen atoms in total. The molecule has 1 fully saturated rings. The largest absolute Gasteiger partial charge is 0.465 e. The molecule has 0 bridgehead atoms. The number of carbonyl (C=O) groups excluding carboxylic acids is 1. The third kappa shape index (κ3) is 3.19. The number of anilines is 1. The summed E-state index contributed by atoms with van der Waals surface area (Å²) in [6.07, 6.45) is 2.19. The smallest absolute Gasteiger partial charge is 0.337 e. The Morgan fingerprint density at radius 3 is 2.80 bits per heavy atom. The predicted molar refractivity (Wildman–Crippen MR) is 118 cm³/mol. The number of benzene rings is 2. The van der Waals surface area contributed by atoms with Crippen molar-refractivity contribution in [3.8, 4) is 10.6 Å². The molecule has 2 aromatic carbocycles. The lowest BCUT2D eigenvalue weighted by Gasteiger charge is -2.24. The molecule has 1 atom stereocenters. The number of rotatable bonds is 3. The van der Waals surface area contributed by atoms with Gasteiger partial charge < -0.3 is 9.64 Å². The molecule has 1 aliphatic rings. The molecule has 4 aromatic rings. The van der Waals surface area contributed by atoms with Gasteiger partial charge in [0.2, 0.25) is 0 Å². The summed E-state index contributed by atoms with van der Waals surface area (Å²) in [5.74, 6) is 0.159. The SMILES string of the molecule is COC(=O)c1ccc2nc(-c3cc4cc(F)ccc4s3)c(N3CCCC3C)nc2c1. The van der Waals surface area contributed by atoms with Crippen LogP contribution in [0.3, 0.4) is 0 Å². The summed E-state index contributed by atoms with van der Waals surface area (Å²) in [4.78, 5) is 25.1. The monoisotopic (exact) mass is 421 g/mol. The number of esters is 1. The first-order valence-corrected chi connectivity index (χ1v) is 10.7. The molecule has 0 aliphatic carbocycles. The van der Waals surface area contributed by atoms with E-state index in [1.807, 2.05) is 6.07 Å². The molecule has 0 radical (unpaired) electrons. The summed E-state index contributed by atoms with van der Waals surface area (Å²) >= 11 is 1.58. The Morgan fingerprint density at radius 1 is 1.17 bits per heavy atom. The fraction of sp³-hybridized carbons (Fsp3) is 0.261. The number of hydrogen-bond acceptors (Lipinski definition) is 6. The van der Waals surface area contributed by atoms with Crippen molar-refractivity contribution in [2.75, 3.05) is 18.6 Å². The van der Waals surface area contributed by atoms with E-state index < -0.39 is 5.97 Å². The first-order valence-electron chi connectivity index (χ1n) is 9.90. The first kappa shape index (κ1) is 18.9. The van der Waals surface area contributed by atoms with E-state index in [9.17, 15) is 9.18 Å². The molecule has 3 heterocycles. The van der Waals surface area contributed by atoms with Crippen molar-refractivity contribution in [1.82, 2.24) is 9.97 Å². The number of methoxy groups -OCH3 is 1. The normalized spacial score (nSPS) is 16.5. The Balaban J connectivity index is 1.72. The lowest BCUT2D eigenvalue weighted by molar-refractivity contribution is 0.0601. The third-order valence-corrected chi connectivity index (χ3v) is 6.73. The van der Waals surface area contributed by atoms with Crippen LogP contribution in [0, 0.1) is 5.82 Å². The van der Waals surface area contributed by atoms with E-state index in [1.54, 1.807) is 41.7 Å². The summed E-state index contributed by atoms with van der Waals surface area (Å²) in [5, 5.41) is 0.860. The summed E-state index contributed by atoms with van der Waals surface area (Å²) in [6.45, 7) is 3.10. The fourth-order valence-electron chi connectivity index (χ4n) is 4.03. The maximum absolute atomic E-state index is 13.7. The van der Waals surface area contributed by atoms with Crippen LogP contribution in [-0.4, -0.2) is 35.6 Å². The van der Waals surface area contributed by atoms with Gasteiger partial charge in [-0.2, -0.15) is 0 Å². The number of aromatic nitrogens is 2. The van der Waals surface area contributed by atoms with E-state index in [0.29, 0.717) is 22.6 Å². The number of nitrogens with zero attached hydrogens (tertiary/aromatic N) is 3. The topological polar surface area (TPSA) is 55.3 Å². The maximum atomic E-state index is 13.7. The molecule has 30 heavy (non-hydrogen) atoms. The van der Waals surface area contributed by atoms with Crippen molar-refractivity contribution in [1.29, 1.82) is 0 Å². The van der Waals surface area contributed by atoms with Crippen LogP contribution in [0.25, 0.3) is 31.7 Å². The molecule has 7 heteroatoms. The number of halogens is 1. The highest BCUT2D eigenvalue weighted by Crippen LogP contribution is 2.39. The molecule has 0 spiro atoms. The minimum absolute atomic E-state index is 0.250. The number of fused-ring (bicyclic) bond motifs is 2. The summed E-state index contributed by atoms with van der Waals surface area (Å²) in [7, 11) is 1.36. The van der Waals surface area contributed by atoms with Crippen LogP contribution < -0.4 is 4.90 Å². The molecule has 1 saturated heterocycles. The Hall–Kier alpha value is -3.06. The predicted octanol–water partition coefficient (Wildman–Crippen LogP) is 5.43. The van der Waals surface area contributed by atoms with Gasteiger partial charge >= 0.3 is 5.97 Å². The van der Waals surface area contributed by atoms with Crippen molar-refractivity contribution in [3.63, 3.8) is 0 Å². The molecule has 5 rings (SSSR count). The minimum atomic E-state index is -0.398. The van der Waals surface area contributed by atoms with E-state index in [2.05, 4.69) is 11.8 Å². The average Bonchev–Trinajstić information content (AvgIpc) is 3.37. The highest BCUT2D eigenvalue weighted by atomic mass is 32.1. The van der Waals surface area contributed by atoms with E-state index in [0.717, 1.165) is 45.9 Å². The summed E-state index contributed by atoms with van der Waals surface area (Å²) < 4.78 is 19.5. The van der Waals surface area contributed by atoms with Gasteiger partial charge in [0.05, 0.1) is 28.6 Å². The number of carbonyl (C=O) groups is 1. The van der Waals surface area contributed by atoms with Crippen molar-refractivity contribution < 1.29 is 13.9 Å². The maximum Gasteiger partial charge on any atom is 0.337 e. The van der Waals surface area contributed by atoms with E-state index in [1.165, 1.54) is 13.2 Å². The van der Waals surface area contributed by atoms with Crippen LogP contribution in [0.5, 0.6) is 0 Å². The second kappa shape index (κ2) is 7.32. The number of ether oxygens (including phenoxy) is 1. The van der Waals surface area contributed by atoms with E-state index in [-0.39, 0.29) is 5.82 Å². The quantitative estimate of drug-likeness (QED) is 0.413. The van der Waals surface area contributed by atoms with Crippen LogP contribution in [0.4, 0.5) is 10.2 Å². The van der Waals surface area contributed by atoms with Gasteiger partial charge in [0, 0.05) is 17.3 Å². The Kier molecular flexibility index (Phi) is 4.62. The van der Waals surface area contributed by atoms with E-state index in [4.69, 9.17) is 14.7 Å². The van der Waals surface area contributed by atoms with Crippen LogP contribution >= 0.6 is 11.3 Å². The van der Waals surface area contributed by atoms with Gasteiger partial charge in [-0.15, -0.1) is 11.3 Å². The van der Waals surface area contributed by atoms with Crippen molar-refractivity contribution in [2.45, 2.75) is 25.8 Å². The van der Waals surface area contributed by atoms with Gasteiger partial charge in [0.1, 0.15) is 11.5 Å². The van der Waals surface area contributed by atoms with Gasteiger partial charge in [-0.05, 0) is 67.6 Å². The Labute approximate surface area is 177 Å². The van der Waals surface area contributed by atoms with E-state index >= 15 is 0 Å². The number of hydrogen-bond donors (Lipinski definition) is 0. The average molecular weight is 421 g/mol. The fourth-order valence-corrected chi connectivity index (χ4v) is 5.06. The van der Waals surface area contributed by atoms with Crippen molar-refractivity contribution in [2.24, 2.45) is 0 Å². The molecule has 152 valence electrons. The first-order chi connectivity index (χ1) is 14.5. The van der Waals surface area contributed by atoms with Crippen molar-refractivity contribution in [3.05, 3.63) is 53.8 Å². The molecule has 0 amide bonds. The van der Waals surface area contributed by atoms with Gasteiger partial charge in [-0.3, -0.25) is 0 Å². The number of thiophene rings is 1. The molecule has 1 unspecified atom stereocenters. The van der Waals surface area contributed by atoms with Gasteiger partial charge in [0.25, 0.3) is 0 Å². The highest BCUT2D eigenvalue weighted by Gasteiger charge is 2.26. The lowest BCUT2D eigenvalue weighted by Crippen LogP contribution is -2.28. The zero-order valence-corrected chi connectivity index (χ0v) is 17.5. The molecule has 0 saturated carbocycles. The van der Waals surface area contributed by atoms with Crippen molar-refractivity contribution >= 4 is 44.2 Å². The summed E-state index contributed by atoms with van der Waals surface area (Å²) in [5.41, 5.74) is 2.60. The second-order valence-corrected chi connectivity index (χ2v) is 8.65. The molecule has 2 aromatic heterocycles. The molecule has 1 aliphatic heterocycles. The zero-order valence-electron chi connectivity index (χ0n) is 16.7. The van der Waals surface area contributed by atoms with Crippen LogP contribution in [0.1, 0.15) is 30.1 Å². The molecular weight excluding hydrogens is 401 g/mol. The van der Waals surface area contributed by atoms with Crippen LogP contribution in [-0.2, 0) is 4.74 Å². The molecule has 0 N–H and O–H groups in total. The lowest BCUT2D eigenvalue weighted by atomic mass is 10.1. The van der Waals surface area contributed by atoms with Crippen LogP contribution in [0.2, 0.25) is 0 Å². The Morgan fingerprint density at radius 2 is 2.03 bits per heavy atom. The van der Waals surface area contributed by atoms with Gasteiger partial charge in [-0.25, -0.2) is 19.2 Å². The standard InChI is InChI=1S/C23H20FN3O2S/c1-13-4-3-9-27(13)22-21(20-12-15-10-16(24)6-8-19(15)30-20)25-17-7-5-14(23(28)29-2)11-18(17)26-22/h5-8,10-13H,3-4,9H2,1-2H3. The zero-order chi connectivity index (χ0) is 20.8. The van der Waals surface area contributed by atoms with Gasteiger partial charge in [0.15, 0.2) is 5.82 Å². The minimum Gasteiger partial charge on any atom is -0.465 e. The second-order valence-electron chi connectivity index (χ2n) is 7.57. The third-order valence-electron chi connectivity index (χ3n) is 5.60. The van der Waals surface area contributed by atoms with Crippen LogP contribution in [0.15, 0.2) is 42.5 Å². The Bertz CT molecular complexity index is 1290. The van der Waals surface area contributed by atoms with Gasteiger partial charge in [-0.1, -0.05) is 0 Å². The highest BCUT2D eigenvalue weighted by molar-refractivity contribution is 7.22. The summed E-state index contributed by atoms with van der Waals surface area (Å²) in [6, 6.07) is 12.4.